The van der Waals surface area contributed by atoms with E-state index in [1.165, 1.54) is 24.3 Å². The molecule has 1 aliphatic rings. The van der Waals surface area contributed by atoms with Gasteiger partial charge in [-0.15, -0.1) is 0 Å². The molecule has 26 heavy (non-hydrogen) atoms. The van der Waals surface area contributed by atoms with E-state index in [4.69, 9.17) is 0 Å². The number of para-hydroxylation sites is 1. The first kappa shape index (κ1) is 17.8. The molecule has 0 bridgehead atoms. The number of nitrogens with zero attached hydrogens (tertiary/aromatic N) is 2. The van der Waals surface area contributed by atoms with E-state index in [1.807, 2.05) is 0 Å². The summed E-state index contributed by atoms with van der Waals surface area (Å²) in [5, 5.41) is 13.3. The third-order valence-electron chi connectivity index (χ3n) is 4.45. The van der Waals surface area contributed by atoms with Gasteiger partial charge in [0.25, 0.3) is 11.6 Å². The number of piperazine rings is 1. The van der Waals surface area contributed by atoms with Gasteiger partial charge in [-0.3, -0.25) is 14.9 Å². The Bertz CT molecular complexity index is 789. The number of anilines is 2. The first-order valence-corrected chi connectivity index (χ1v) is 8.40. The molecule has 1 aliphatic heterocycles. The van der Waals surface area contributed by atoms with Gasteiger partial charge in [0.2, 0.25) is 0 Å². The molecule has 2 N–H and O–H groups in total. The fourth-order valence-electron chi connectivity index (χ4n) is 3.03. The van der Waals surface area contributed by atoms with Crippen LogP contribution in [-0.4, -0.2) is 43.6 Å². The van der Waals surface area contributed by atoms with Gasteiger partial charge in [0, 0.05) is 17.8 Å². The maximum atomic E-state index is 13.6. The van der Waals surface area contributed by atoms with Crippen molar-refractivity contribution in [2.24, 2.45) is 0 Å². The first-order valence-electron chi connectivity index (χ1n) is 8.40. The average Bonchev–Trinajstić information content (AvgIpc) is 2.64. The van der Waals surface area contributed by atoms with Crippen molar-refractivity contribution in [2.45, 2.75) is 0 Å². The minimum Gasteiger partial charge on any atom is -0.360 e. The van der Waals surface area contributed by atoms with Crippen molar-refractivity contribution in [2.75, 3.05) is 42.9 Å². The molecule has 3 rings (SSSR count). The highest BCUT2D eigenvalue weighted by Crippen LogP contribution is 2.19. The predicted octanol–water partition coefficient (Wildman–Crippen LogP) is 1.08. The number of hydrogen-bond acceptors (Lipinski definition) is 4. The normalized spacial score (nSPS) is 14.9. The number of rotatable bonds is 5. The number of carbonyl (C=O) groups excluding carboxylic acids is 1. The van der Waals surface area contributed by atoms with Crippen molar-refractivity contribution in [1.29, 1.82) is 0 Å². The zero-order chi connectivity index (χ0) is 18.5. The van der Waals surface area contributed by atoms with Gasteiger partial charge in [0.15, 0.2) is 6.54 Å². The quantitative estimate of drug-likeness (QED) is 0.618. The van der Waals surface area contributed by atoms with Crippen molar-refractivity contribution < 1.29 is 19.0 Å². The summed E-state index contributed by atoms with van der Waals surface area (Å²) in [4.78, 5) is 25.7. The zero-order valence-electron chi connectivity index (χ0n) is 14.2. The number of benzene rings is 2. The van der Waals surface area contributed by atoms with Crippen molar-refractivity contribution >= 4 is 23.0 Å². The third kappa shape index (κ3) is 4.34. The van der Waals surface area contributed by atoms with E-state index < -0.39 is 10.7 Å². The Morgan fingerprint density at radius 3 is 2.42 bits per heavy atom. The number of hydrogen-bond donors (Lipinski definition) is 2. The Balaban J connectivity index is 1.49. The lowest BCUT2D eigenvalue weighted by molar-refractivity contribution is -0.892. The molecule has 7 nitrogen and oxygen atoms in total. The van der Waals surface area contributed by atoms with E-state index >= 15 is 0 Å². The highest BCUT2D eigenvalue weighted by Gasteiger charge is 2.23. The highest BCUT2D eigenvalue weighted by atomic mass is 19.1. The van der Waals surface area contributed by atoms with E-state index in [9.17, 15) is 19.3 Å². The molecule has 1 saturated heterocycles. The number of quaternary nitrogens is 1. The SMILES string of the molecule is O=C(C[NH+]1CCN(c2ccc([N+](=O)[O-])cc2)CC1)Nc1ccccc1F. The standard InChI is InChI=1S/C18H19FN4O3/c19-16-3-1-2-4-17(16)20-18(24)13-21-9-11-22(12-10-21)14-5-7-15(8-6-14)23(25)26/h1-8H,9-13H2,(H,20,24)/p+1. The van der Waals surface area contributed by atoms with Gasteiger partial charge in [-0.1, -0.05) is 12.1 Å². The Hall–Kier alpha value is -3.00. The number of nitro groups is 1. The number of amides is 1. The Morgan fingerprint density at radius 2 is 1.81 bits per heavy atom. The second-order valence-electron chi connectivity index (χ2n) is 6.22. The minimum absolute atomic E-state index is 0.0721. The number of carbonyl (C=O) groups is 1. The number of nitro benzene ring substituents is 1. The lowest BCUT2D eigenvalue weighted by Crippen LogP contribution is -3.15. The van der Waals surface area contributed by atoms with Crippen LogP contribution in [0.4, 0.5) is 21.5 Å². The molecular formula is C18H20FN4O3+. The zero-order valence-corrected chi connectivity index (χ0v) is 14.2. The topological polar surface area (TPSA) is 79.9 Å². The average molecular weight is 359 g/mol. The molecule has 0 radical (unpaired) electrons. The van der Waals surface area contributed by atoms with Crippen LogP contribution < -0.4 is 15.1 Å². The summed E-state index contributed by atoms with van der Waals surface area (Å²) in [6.45, 7) is 3.31. The first-order chi connectivity index (χ1) is 12.5. The molecule has 1 heterocycles. The van der Waals surface area contributed by atoms with Crippen LogP contribution in [0.15, 0.2) is 48.5 Å². The van der Waals surface area contributed by atoms with Gasteiger partial charge in [0.05, 0.1) is 36.8 Å². The second kappa shape index (κ2) is 7.92. The summed E-state index contributed by atoms with van der Waals surface area (Å²) in [5.41, 5.74) is 1.20. The third-order valence-corrected chi connectivity index (χ3v) is 4.45. The van der Waals surface area contributed by atoms with Crippen LogP contribution in [0.5, 0.6) is 0 Å². The maximum Gasteiger partial charge on any atom is 0.279 e. The van der Waals surface area contributed by atoms with Gasteiger partial charge in [-0.25, -0.2) is 4.39 Å². The molecule has 0 spiro atoms. The lowest BCUT2D eigenvalue weighted by Gasteiger charge is -2.33. The molecule has 1 amide bonds. The van der Waals surface area contributed by atoms with E-state index in [2.05, 4.69) is 10.2 Å². The van der Waals surface area contributed by atoms with Crippen LogP contribution >= 0.6 is 0 Å². The second-order valence-corrected chi connectivity index (χ2v) is 6.22. The summed E-state index contributed by atoms with van der Waals surface area (Å²) in [6.07, 6.45) is 0. The minimum atomic E-state index is -0.446. The number of nitrogens with one attached hydrogen (secondary N) is 2. The van der Waals surface area contributed by atoms with Crippen LogP contribution in [0, 0.1) is 15.9 Å². The summed E-state index contributed by atoms with van der Waals surface area (Å²) in [5.74, 6) is -0.660. The molecule has 0 unspecified atom stereocenters. The molecule has 0 aromatic heterocycles. The van der Waals surface area contributed by atoms with Gasteiger partial charge in [0.1, 0.15) is 5.82 Å². The maximum absolute atomic E-state index is 13.6. The van der Waals surface area contributed by atoms with Gasteiger partial charge in [-0.2, -0.15) is 0 Å². The largest absolute Gasteiger partial charge is 0.360 e. The van der Waals surface area contributed by atoms with Crippen molar-refractivity contribution in [1.82, 2.24) is 0 Å². The van der Waals surface area contributed by atoms with E-state index in [-0.39, 0.29) is 23.8 Å². The van der Waals surface area contributed by atoms with Crippen LogP contribution in [0.25, 0.3) is 0 Å². The Kier molecular flexibility index (Phi) is 5.43. The molecular weight excluding hydrogens is 339 g/mol. The predicted molar refractivity (Wildman–Crippen MR) is 95.9 cm³/mol. The van der Waals surface area contributed by atoms with Crippen LogP contribution in [-0.2, 0) is 4.79 Å². The molecule has 8 heteroatoms. The highest BCUT2D eigenvalue weighted by molar-refractivity contribution is 5.91. The van der Waals surface area contributed by atoms with Crippen molar-refractivity contribution in [3.05, 3.63) is 64.5 Å². The van der Waals surface area contributed by atoms with Gasteiger partial charge < -0.3 is 15.1 Å². The van der Waals surface area contributed by atoms with Crippen LogP contribution in [0.2, 0.25) is 0 Å². The molecule has 2 aromatic rings. The smallest absolute Gasteiger partial charge is 0.279 e. The van der Waals surface area contributed by atoms with Crippen molar-refractivity contribution in [3.63, 3.8) is 0 Å². The van der Waals surface area contributed by atoms with Crippen LogP contribution in [0.1, 0.15) is 0 Å². The molecule has 136 valence electrons. The van der Waals surface area contributed by atoms with E-state index in [1.54, 1.807) is 24.3 Å². The lowest BCUT2D eigenvalue weighted by atomic mass is 10.2. The number of non-ortho nitro benzene ring substituents is 1. The summed E-state index contributed by atoms with van der Waals surface area (Å²) in [6, 6.07) is 12.6. The molecule has 1 fully saturated rings. The number of halogens is 1. The van der Waals surface area contributed by atoms with E-state index in [0.717, 1.165) is 36.8 Å². The summed E-state index contributed by atoms with van der Waals surface area (Å²) in [7, 11) is 0. The van der Waals surface area contributed by atoms with E-state index in [0.29, 0.717) is 0 Å². The van der Waals surface area contributed by atoms with Crippen molar-refractivity contribution in [3.8, 4) is 0 Å². The summed E-state index contributed by atoms with van der Waals surface area (Å²) < 4.78 is 13.6. The fraction of sp³-hybridized carbons (Fsp3) is 0.278. The van der Waals surface area contributed by atoms with Crippen LogP contribution in [0.3, 0.4) is 0 Å². The van der Waals surface area contributed by atoms with Gasteiger partial charge >= 0.3 is 0 Å². The molecule has 0 aliphatic carbocycles. The molecule has 0 atom stereocenters. The monoisotopic (exact) mass is 359 g/mol. The molecule has 0 saturated carbocycles. The molecule has 2 aromatic carbocycles. The van der Waals surface area contributed by atoms with Gasteiger partial charge in [-0.05, 0) is 24.3 Å². The Labute approximate surface area is 150 Å². The Morgan fingerprint density at radius 1 is 1.15 bits per heavy atom. The summed E-state index contributed by atoms with van der Waals surface area (Å²) >= 11 is 0. The fourth-order valence-corrected chi connectivity index (χ4v) is 3.03.